The summed E-state index contributed by atoms with van der Waals surface area (Å²) < 4.78 is 0. The molecule has 18 heavy (non-hydrogen) atoms. The van der Waals surface area contributed by atoms with E-state index in [1.54, 1.807) is 11.3 Å². The number of rotatable bonds is 5. The number of hydrogen-bond donors (Lipinski definition) is 2. The van der Waals surface area contributed by atoms with E-state index in [-0.39, 0.29) is 0 Å². The molecule has 0 spiro atoms. The first-order valence-electron chi connectivity index (χ1n) is 7.12. The molecular weight excluding hydrogens is 242 g/mol. The summed E-state index contributed by atoms with van der Waals surface area (Å²) in [5.41, 5.74) is -0.475. The average molecular weight is 267 g/mol. The lowest BCUT2D eigenvalue weighted by Gasteiger charge is -2.36. The Morgan fingerprint density at radius 1 is 1.50 bits per heavy atom. The van der Waals surface area contributed by atoms with Gasteiger partial charge in [-0.1, -0.05) is 19.9 Å². The molecule has 1 unspecified atom stereocenters. The molecule has 102 valence electrons. The first-order chi connectivity index (χ1) is 8.63. The maximum atomic E-state index is 10.6. The third-order valence-corrected chi connectivity index (χ3v) is 5.16. The molecule has 2 N–H and O–H groups in total. The topological polar surface area (TPSA) is 32.3 Å². The molecule has 1 heterocycles. The largest absolute Gasteiger partial charge is 0.389 e. The summed E-state index contributed by atoms with van der Waals surface area (Å²) in [4.78, 5) is 1.38. The van der Waals surface area contributed by atoms with E-state index in [1.165, 1.54) is 4.88 Å². The van der Waals surface area contributed by atoms with Crippen LogP contribution >= 0.6 is 11.3 Å². The second-order valence-corrected chi connectivity index (χ2v) is 6.74. The molecular formula is C15H25NOS. The van der Waals surface area contributed by atoms with Crippen molar-refractivity contribution in [3.8, 4) is 0 Å². The van der Waals surface area contributed by atoms with Gasteiger partial charge in [0.25, 0.3) is 0 Å². The maximum absolute atomic E-state index is 10.6. The number of hydrogen-bond acceptors (Lipinski definition) is 3. The van der Waals surface area contributed by atoms with Crippen molar-refractivity contribution >= 4 is 11.3 Å². The molecule has 0 saturated heterocycles. The number of nitrogens with one attached hydrogen (secondary N) is 1. The smallest absolute Gasteiger partial charge is 0.0772 e. The third-order valence-electron chi connectivity index (χ3n) is 4.18. The van der Waals surface area contributed by atoms with Crippen LogP contribution in [0.4, 0.5) is 0 Å². The van der Waals surface area contributed by atoms with E-state index in [4.69, 9.17) is 0 Å². The van der Waals surface area contributed by atoms with E-state index >= 15 is 0 Å². The standard InChI is InChI=1S/C15H25NOS/c1-3-13(14-5-4-10-18-14)16-11-15(17)8-6-12(2)7-9-15/h4-5,10,12-13,16-17H,3,6-9,11H2,1-2H3. The maximum Gasteiger partial charge on any atom is 0.0772 e. The van der Waals surface area contributed by atoms with Gasteiger partial charge in [-0.15, -0.1) is 11.3 Å². The summed E-state index contributed by atoms with van der Waals surface area (Å²) in [6.45, 7) is 5.22. The third kappa shape index (κ3) is 3.56. The minimum absolute atomic E-state index is 0.397. The van der Waals surface area contributed by atoms with Crippen LogP contribution in [-0.2, 0) is 0 Å². The van der Waals surface area contributed by atoms with Gasteiger partial charge in [0.15, 0.2) is 0 Å². The predicted molar refractivity (Wildman–Crippen MR) is 77.9 cm³/mol. The highest BCUT2D eigenvalue weighted by Gasteiger charge is 2.32. The lowest BCUT2D eigenvalue weighted by Crippen LogP contribution is -2.44. The van der Waals surface area contributed by atoms with Crippen LogP contribution in [0.5, 0.6) is 0 Å². The summed E-state index contributed by atoms with van der Waals surface area (Å²) in [6.07, 6.45) is 5.29. The van der Waals surface area contributed by atoms with Crippen LogP contribution in [0.15, 0.2) is 17.5 Å². The van der Waals surface area contributed by atoms with Crippen LogP contribution in [0.3, 0.4) is 0 Å². The summed E-state index contributed by atoms with van der Waals surface area (Å²) in [5, 5.41) is 16.3. The number of aliphatic hydroxyl groups is 1. The minimum Gasteiger partial charge on any atom is -0.389 e. The van der Waals surface area contributed by atoms with Gasteiger partial charge in [0.2, 0.25) is 0 Å². The molecule has 1 aliphatic carbocycles. The van der Waals surface area contributed by atoms with E-state index in [0.29, 0.717) is 6.04 Å². The van der Waals surface area contributed by atoms with Gasteiger partial charge in [-0.3, -0.25) is 0 Å². The molecule has 0 aliphatic heterocycles. The van der Waals surface area contributed by atoms with Gasteiger partial charge in [0.05, 0.1) is 5.60 Å². The van der Waals surface area contributed by atoms with Crippen LogP contribution in [0.2, 0.25) is 0 Å². The zero-order valence-corrected chi connectivity index (χ0v) is 12.3. The molecule has 0 aromatic carbocycles. The Kier molecular flexibility index (Phi) is 4.82. The first kappa shape index (κ1) is 14.0. The fourth-order valence-electron chi connectivity index (χ4n) is 2.73. The van der Waals surface area contributed by atoms with Crippen molar-refractivity contribution in [3.63, 3.8) is 0 Å². The van der Waals surface area contributed by atoms with Crippen molar-refractivity contribution in [2.24, 2.45) is 5.92 Å². The Balaban J connectivity index is 1.86. The van der Waals surface area contributed by atoms with Gasteiger partial charge in [-0.05, 0) is 49.5 Å². The Labute approximate surface area is 114 Å². The van der Waals surface area contributed by atoms with Crippen molar-refractivity contribution in [1.29, 1.82) is 0 Å². The van der Waals surface area contributed by atoms with Crippen molar-refractivity contribution in [2.75, 3.05) is 6.54 Å². The predicted octanol–water partition coefficient (Wildman–Crippen LogP) is 3.73. The molecule has 0 amide bonds. The molecule has 1 atom stereocenters. The van der Waals surface area contributed by atoms with Crippen molar-refractivity contribution in [2.45, 2.75) is 57.6 Å². The number of thiophene rings is 1. The Hall–Kier alpha value is -0.380. The Morgan fingerprint density at radius 3 is 2.78 bits per heavy atom. The molecule has 1 saturated carbocycles. The quantitative estimate of drug-likeness (QED) is 0.852. The van der Waals surface area contributed by atoms with E-state index < -0.39 is 5.60 Å². The van der Waals surface area contributed by atoms with Crippen LogP contribution < -0.4 is 5.32 Å². The Bertz CT molecular complexity index is 341. The van der Waals surface area contributed by atoms with E-state index in [1.807, 2.05) is 0 Å². The summed E-state index contributed by atoms with van der Waals surface area (Å²) in [5.74, 6) is 0.782. The zero-order chi connectivity index (χ0) is 13.0. The van der Waals surface area contributed by atoms with Crippen LogP contribution in [0.1, 0.15) is 56.9 Å². The zero-order valence-electron chi connectivity index (χ0n) is 11.5. The minimum atomic E-state index is -0.475. The van der Waals surface area contributed by atoms with Gasteiger partial charge in [0, 0.05) is 17.5 Å². The van der Waals surface area contributed by atoms with Crippen LogP contribution in [0.25, 0.3) is 0 Å². The fraction of sp³-hybridized carbons (Fsp3) is 0.733. The second-order valence-electron chi connectivity index (χ2n) is 5.76. The molecule has 3 heteroatoms. The summed E-state index contributed by atoms with van der Waals surface area (Å²) >= 11 is 1.80. The molecule has 2 nitrogen and oxygen atoms in total. The van der Waals surface area contributed by atoms with Crippen molar-refractivity contribution in [3.05, 3.63) is 22.4 Å². The van der Waals surface area contributed by atoms with Crippen molar-refractivity contribution in [1.82, 2.24) is 5.32 Å². The van der Waals surface area contributed by atoms with Crippen LogP contribution in [-0.4, -0.2) is 17.3 Å². The highest BCUT2D eigenvalue weighted by atomic mass is 32.1. The van der Waals surface area contributed by atoms with Gasteiger partial charge in [-0.2, -0.15) is 0 Å². The lowest BCUT2D eigenvalue weighted by molar-refractivity contribution is -0.00823. The SMILES string of the molecule is CCC(NCC1(O)CCC(C)CC1)c1cccs1. The lowest BCUT2D eigenvalue weighted by atomic mass is 9.79. The van der Waals surface area contributed by atoms with E-state index in [0.717, 1.165) is 44.6 Å². The van der Waals surface area contributed by atoms with Gasteiger partial charge in [0.1, 0.15) is 0 Å². The molecule has 1 fully saturated rings. The molecule has 1 aromatic rings. The molecule has 0 radical (unpaired) electrons. The molecule has 1 aromatic heterocycles. The first-order valence-corrected chi connectivity index (χ1v) is 8.00. The highest BCUT2D eigenvalue weighted by Crippen LogP contribution is 2.32. The monoisotopic (exact) mass is 267 g/mol. The molecule has 1 aliphatic rings. The van der Waals surface area contributed by atoms with Crippen LogP contribution in [0, 0.1) is 5.92 Å². The molecule has 0 bridgehead atoms. The Morgan fingerprint density at radius 2 is 2.22 bits per heavy atom. The van der Waals surface area contributed by atoms with E-state index in [9.17, 15) is 5.11 Å². The van der Waals surface area contributed by atoms with Gasteiger partial charge >= 0.3 is 0 Å². The summed E-state index contributed by atoms with van der Waals surface area (Å²) in [7, 11) is 0. The van der Waals surface area contributed by atoms with Gasteiger partial charge < -0.3 is 10.4 Å². The highest BCUT2D eigenvalue weighted by molar-refractivity contribution is 7.10. The normalized spacial score (nSPS) is 30.3. The van der Waals surface area contributed by atoms with Gasteiger partial charge in [-0.25, -0.2) is 0 Å². The molecule has 2 rings (SSSR count). The average Bonchev–Trinajstić information content (AvgIpc) is 2.88. The van der Waals surface area contributed by atoms with Crippen molar-refractivity contribution < 1.29 is 5.11 Å². The second kappa shape index (κ2) is 6.18. The fourth-order valence-corrected chi connectivity index (χ4v) is 3.61. The van der Waals surface area contributed by atoms with E-state index in [2.05, 4.69) is 36.7 Å². The summed E-state index contributed by atoms with van der Waals surface area (Å²) in [6, 6.07) is 4.67.